The molecule has 6 heteroatoms. The predicted octanol–water partition coefficient (Wildman–Crippen LogP) is 5.32. The van der Waals surface area contributed by atoms with E-state index in [1.54, 1.807) is 23.1 Å². The fourth-order valence-electron chi connectivity index (χ4n) is 4.19. The summed E-state index contributed by atoms with van der Waals surface area (Å²) in [6.45, 7) is 2.33. The number of halogens is 1. The van der Waals surface area contributed by atoms with Crippen LogP contribution in [-0.2, 0) is 21.9 Å². The predicted molar refractivity (Wildman–Crippen MR) is 129 cm³/mol. The molecule has 1 fully saturated rings. The molecule has 0 spiro atoms. The standard InChI is InChI=1S/C26H33FN2O2S/c1-2-24(26(31)28-22-14-7-4-8-15-22)29(17-20-11-5-3-6-12-20)25(30)19-32-18-21-13-9-10-16-23(21)27/h3,5-6,9-13,16,22,24H,2,4,7-8,14-15,17-19H2,1H3,(H,28,31)/t24-/m1/s1. The molecule has 32 heavy (non-hydrogen) atoms. The molecule has 1 atom stereocenters. The Kier molecular flexibility index (Phi) is 9.60. The molecule has 0 unspecified atom stereocenters. The molecule has 2 aromatic carbocycles. The van der Waals surface area contributed by atoms with Gasteiger partial charge in [0.15, 0.2) is 0 Å². The van der Waals surface area contributed by atoms with Crippen LogP contribution in [0, 0.1) is 5.82 Å². The number of thioether (sulfide) groups is 1. The van der Waals surface area contributed by atoms with Crippen LogP contribution in [0.1, 0.15) is 56.6 Å². The van der Waals surface area contributed by atoms with Crippen molar-refractivity contribution in [2.24, 2.45) is 0 Å². The molecule has 1 saturated carbocycles. The first kappa shape index (κ1) is 24.3. The van der Waals surface area contributed by atoms with Gasteiger partial charge in [-0.25, -0.2) is 4.39 Å². The third-order valence-corrected chi connectivity index (χ3v) is 6.94. The molecular weight excluding hydrogens is 423 g/mol. The van der Waals surface area contributed by atoms with Crippen molar-refractivity contribution in [1.82, 2.24) is 10.2 Å². The number of carbonyl (C=O) groups excluding carboxylic acids is 2. The number of nitrogens with one attached hydrogen (secondary N) is 1. The number of amides is 2. The van der Waals surface area contributed by atoms with E-state index in [1.807, 2.05) is 37.3 Å². The van der Waals surface area contributed by atoms with Crippen molar-refractivity contribution in [3.8, 4) is 0 Å². The van der Waals surface area contributed by atoms with E-state index in [2.05, 4.69) is 5.32 Å². The van der Waals surface area contributed by atoms with Gasteiger partial charge in [0.05, 0.1) is 5.75 Å². The van der Waals surface area contributed by atoms with Gasteiger partial charge in [-0.2, -0.15) is 0 Å². The number of hydrogen-bond acceptors (Lipinski definition) is 3. The van der Waals surface area contributed by atoms with Crippen LogP contribution in [0.5, 0.6) is 0 Å². The van der Waals surface area contributed by atoms with Crippen LogP contribution in [0.3, 0.4) is 0 Å². The van der Waals surface area contributed by atoms with Crippen LogP contribution in [0.4, 0.5) is 4.39 Å². The highest BCUT2D eigenvalue weighted by molar-refractivity contribution is 7.99. The van der Waals surface area contributed by atoms with Crippen molar-refractivity contribution in [2.45, 2.75) is 69.8 Å². The van der Waals surface area contributed by atoms with Crippen LogP contribution in [0.2, 0.25) is 0 Å². The van der Waals surface area contributed by atoms with Gasteiger partial charge >= 0.3 is 0 Å². The molecular formula is C26H33FN2O2S. The summed E-state index contributed by atoms with van der Waals surface area (Å²) in [4.78, 5) is 28.1. The SMILES string of the molecule is CC[C@H](C(=O)NC1CCCCC1)N(Cc1ccccc1)C(=O)CSCc1ccccc1F. The lowest BCUT2D eigenvalue weighted by Gasteiger charge is -2.32. The lowest BCUT2D eigenvalue weighted by molar-refractivity contribution is -0.139. The van der Waals surface area contributed by atoms with Crippen molar-refractivity contribution in [2.75, 3.05) is 5.75 Å². The van der Waals surface area contributed by atoms with Crippen molar-refractivity contribution in [1.29, 1.82) is 0 Å². The van der Waals surface area contributed by atoms with E-state index in [0.717, 1.165) is 31.2 Å². The number of nitrogens with zero attached hydrogens (tertiary/aromatic N) is 1. The Morgan fingerprint density at radius 3 is 2.44 bits per heavy atom. The van der Waals surface area contributed by atoms with Gasteiger partial charge < -0.3 is 10.2 Å². The smallest absolute Gasteiger partial charge is 0.243 e. The number of rotatable bonds is 10. The monoisotopic (exact) mass is 456 g/mol. The first-order valence-corrected chi connectivity index (χ1v) is 12.7. The number of carbonyl (C=O) groups is 2. The third kappa shape index (κ3) is 7.09. The zero-order chi connectivity index (χ0) is 22.8. The van der Waals surface area contributed by atoms with E-state index in [1.165, 1.54) is 24.2 Å². The Bertz CT molecular complexity index is 871. The van der Waals surface area contributed by atoms with E-state index in [0.29, 0.717) is 24.3 Å². The summed E-state index contributed by atoms with van der Waals surface area (Å²) >= 11 is 1.38. The van der Waals surface area contributed by atoms with Gasteiger partial charge in [-0.15, -0.1) is 11.8 Å². The topological polar surface area (TPSA) is 49.4 Å². The maximum Gasteiger partial charge on any atom is 0.243 e. The third-order valence-electron chi connectivity index (χ3n) is 5.97. The minimum atomic E-state index is -0.515. The lowest BCUT2D eigenvalue weighted by atomic mass is 9.95. The van der Waals surface area contributed by atoms with Crippen LogP contribution in [-0.4, -0.2) is 34.6 Å². The molecule has 0 heterocycles. The Hall–Kier alpha value is -2.34. The molecule has 2 amide bonds. The van der Waals surface area contributed by atoms with Crippen molar-refractivity contribution in [3.63, 3.8) is 0 Å². The first-order chi connectivity index (χ1) is 15.6. The molecule has 172 valence electrons. The highest BCUT2D eigenvalue weighted by Crippen LogP contribution is 2.21. The zero-order valence-electron chi connectivity index (χ0n) is 18.8. The normalized spacial score (nSPS) is 15.2. The van der Waals surface area contributed by atoms with E-state index in [9.17, 15) is 14.0 Å². The van der Waals surface area contributed by atoms with Crippen molar-refractivity contribution in [3.05, 3.63) is 71.5 Å². The highest BCUT2D eigenvalue weighted by atomic mass is 32.2. The Morgan fingerprint density at radius 1 is 1.06 bits per heavy atom. The summed E-state index contributed by atoms with van der Waals surface area (Å²) in [7, 11) is 0. The number of hydrogen-bond donors (Lipinski definition) is 1. The van der Waals surface area contributed by atoms with Gasteiger partial charge in [0.25, 0.3) is 0 Å². The fraction of sp³-hybridized carbons (Fsp3) is 0.462. The molecule has 1 aliphatic rings. The maximum atomic E-state index is 13.9. The van der Waals surface area contributed by atoms with Gasteiger partial charge in [-0.3, -0.25) is 9.59 Å². The molecule has 4 nitrogen and oxygen atoms in total. The molecule has 3 rings (SSSR count). The summed E-state index contributed by atoms with van der Waals surface area (Å²) in [5.74, 6) is 0.201. The minimum absolute atomic E-state index is 0.0669. The highest BCUT2D eigenvalue weighted by Gasteiger charge is 2.30. The second kappa shape index (κ2) is 12.6. The molecule has 1 aliphatic carbocycles. The van der Waals surface area contributed by atoms with Crippen molar-refractivity contribution < 1.29 is 14.0 Å². The summed E-state index contributed by atoms with van der Waals surface area (Å²) in [6, 6.07) is 16.1. The maximum absolute atomic E-state index is 13.9. The largest absolute Gasteiger partial charge is 0.352 e. The number of benzene rings is 2. The lowest BCUT2D eigenvalue weighted by Crippen LogP contribution is -2.52. The Balaban J connectivity index is 1.68. The Labute approximate surface area is 195 Å². The first-order valence-electron chi connectivity index (χ1n) is 11.5. The summed E-state index contributed by atoms with van der Waals surface area (Å²) in [5, 5.41) is 3.19. The second-order valence-corrected chi connectivity index (χ2v) is 9.34. The molecule has 0 bridgehead atoms. The fourth-order valence-corrected chi connectivity index (χ4v) is 5.09. The van der Waals surface area contributed by atoms with Crippen LogP contribution in [0.15, 0.2) is 54.6 Å². The summed E-state index contributed by atoms with van der Waals surface area (Å²) in [5.41, 5.74) is 1.57. The molecule has 1 N–H and O–H groups in total. The van der Waals surface area contributed by atoms with Gasteiger partial charge in [0.1, 0.15) is 11.9 Å². The van der Waals surface area contributed by atoms with E-state index >= 15 is 0 Å². The van der Waals surface area contributed by atoms with Crippen LogP contribution >= 0.6 is 11.8 Å². The van der Waals surface area contributed by atoms with E-state index in [4.69, 9.17) is 0 Å². The molecule has 2 aromatic rings. The minimum Gasteiger partial charge on any atom is -0.352 e. The van der Waals surface area contributed by atoms with Gasteiger partial charge in [0.2, 0.25) is 11.8 Å². The molecule has 0 saturated heterocycles. The molecule has 0 radical (unpaired) electrons. The average Bonchev–Trinajstić information content (AvgIpc) is 2.81. The second-order valence-electron chi connectivity index (χ2n) is 8.36. The van der Waals surface area contributed by atoms with Gasteiger partial charge in [-0.1, -0.05) is 74.7 Å². The van der Waals surface area contributed by atoms with Crippen LogP contribution < -0.4 is 5.32 Å². The Morgan fingerprint density at radius 2 is 1.75 bits per heavy atom. The average molecular weight is 457 g/mol. The van der Waals surface area contributed by atoms with Gasteiger partial charge in [-0.05, 0) is 36.5 Å². The van der Waals surface area contributed by atoms with Crippen molar-refractivity contribution >= 4 is 23.6 Å². The summed E-state index contributed by atoms with van der Waals surface area (Å²) < 4.78 is 13.9. The zero-order valence-corrected chi connectivity index (χ0v) is 19.6. The van der Waals surface area contributed by atoms with Gasteiger partial charge in [0, 0.05) is 18.3 Å². The summed E-state index contributed by atoms with van der Waals surface area (Å²) in [6.07, 6.45) is 6.07. The quantitative estimate of drug-likeness (QED) is 0.527. The molecule has 0 aromatic heterocycles. The molecule has 0 aliphatic heterocycles. The van der Waals surface area contributed by atoms with Crippen LogP contribution in [0.25, 0.3) is 0 Å². The van der Waals surface area contributed by atoms with E-state index in [-0.39, 0.29) is 29.4 Å². The van der Waals surface area contributed by atoms with E-state index < -0.39 is 6.04 Å².